The summed E-state index contributed by atoms with van der Waals surface area (Å²) in [6.45, 7) is 2.18. The first kappa shape index (κ1) is 14.8. The number of carbonyl (C=O) groups excluding carboxylic acids is 1. The molecule has 8 heteroatoms. The summed E-state index contributed by atoms with van der Waals surface area (Å²) in [7, 11) is 0. The van der Waals surface area contributed by atoms with E-state index < -0.39 is 16.8 Å². The van der Waals surface area contributed by atoms with Crippen LogP contribution in [-0.4, -0.2) is 40.0 Å². The number of nitro groups is 1. The minimum absolute atomic E-state index is 0.0108. The second-order valence-electron chi connectivity index (χ2n) is 4.92. The number of hydrogen-bond acceptors (Lipinski definition) is 4. The van der Waals surface area contributed by atoms with Crippen LogP contribution < -0.4 is 5.32 Å². The third kappa shape index (κ3) is 3.10. The normalized spacial score (nSPS) is 14.4. The van der Waals surface area contributed by atoms with Crippen molar-refractivity contribution in [1.29, 1.82) is 0 Å². The molecule has 0 spiro atoms. The third-order valence-corrected chi connectivity index (χ3v) is 3.56. The van der Waals surface area contributed by atoms with Gasteiger partial charge in [-0.15, -0.1) is 0 Å². The van der Waals surface area contributed by atoms with E-state index in [0.717, 1.165) is 0 Å². The van der Waals surface area contributed by atoms with Crippen molar-refractivity contribution < 1.29 is 19.6 Å². The number of carbonyl (C=O) groups is 2. The van der Waals surface area contributed by atoms with Gasteiger partial charge < -0.3 is 15.3 Å². The average Bonchev–Trinajstić information content (AvgIpc) is 2.34. The van der Waals surface area contributed by atoms with Gasteiger partial charge in [-0.25, -0.2) is 4.79 Å². The predicted octanol–water partition coefficient (Wildman–Crippen LogP) is 1.13. The number of hydrogen-bond donors (Lipinski definition) is 2. The summed E-state index contributed by atoms with van der Waals surface area (Å²) >= 11 is 0. The Hall–Kier alpha value is -2.64. The first-order chi connectivity index (χ1) is 9.90. The van der Waals surface area contributed by atoms with Crippen molar-refractivity contribution in [3.63, 3.8) is 0 Å². The molecule has 2 rings (SSSR count). The zero-order chi connectivity index (χ0) is 15.6. The summed E-state index contributed by atoms with van der Waals surface area (Å²) in [5.41, 5.74) is 1.18. The lowest BCUT2D eigenvalue weighted by Gasteiger charge is -2.36. The molecule has 1 aliphatic heterocycles. The van der Waals surface area contributed by atoms with E-state index in [-0.39, 0.29) is 31.4 Å². The Balaban J connectivity index is 1.92. The summed E-state index contributed by atoms with van der Waals surface area (Å²) in [6, 6.07) is 4.32. The lowest BCUT2D eigenvalue weighted by molar-refractivity contribution is -0.385. The van der Waals surface area contributed by atoms with Crippen LogP contribution in [0.1, 0.15) is 11.1 Å². The van der Waals surface area contributed by atoms with Crippen LogP contribution in [-0.2, 0) is 11.3 Å². The average molecular weight is 293 g/mol. The van der Waals surface area contributed by atoms with Crippen molar-refractivity contribution >= 4 is 17.7 Å². The van der Waals surface area contributed by atoms with Crippen LogP contribution in [0.3, 0.4) is 0 Å². The first-order valence-corrected chi connectivity index (χ1v) is 6.38. The van der Waals surface area contributed by atoms with Gasteiger partial charge in [0.25, 0.3) is 5.69 Å². The number of aliphatic carboxylic acids is 1. The number of likely N-dealkylation sites (tertiary alicyclic amines) is 1. The fourth-order valence-electron chi connectivity index (χ4n) is 2.14. The van der Waals surface area contributed by atoms with E-state index in [4.69, 9.17) is 5.11 Å². The fraction of sp³-hybridized carbons (Fsp3) is 0.385. The number of amides is 2. The number of nitrogens with one attached hydrogen (secondary N) is 1. The van der Waals surface area contributed by atoms with E-state index in [2.05, 4.69) is 5.32 Å². The molecule has 0 bridgehead atoms. The first-order valence-electron chi connectivity index (χ1n) is 6.38. The van der Waals surface area contributed by atoms with Gasteiger partial charge in [-0.2, -0.15) is 0 Å². The number of carboxylic acid groups (broad SMARTS) is 1. The Morgan fingerprint density at radius 1 is 1.48 bits per heavy atom. The molecule has 21 heavy (non-hydrogen) atoms. The van der Waals surface area contributed by atoms with E-state index in [1.165, 1.54) is 11.0 Å². The molecular formula is C13H15N3O5. The number of urea groups is 1. The van der Waals surface area contributed by atoms with Crippen LogP contribution in [0.25, 0.3) is 0 Å². The maximum atomic E-state index is 11.8. The Morgan fingerprint density at radius 2 is 2.14 bits per heavy atom. The highest BCUT2D eigenvalue weighted by Gasteiger charge is 2.35. The van der Waals surface area contributed by atoms with Crippen molar-refractivity contribution in [3.8, 4) is 0 Å². The second-order valence-corrected chi connectivity index (χ2v) is 4.92. The van der Waals surface area contributed by atoms with E-state index in [0.29, 0.717) is 11.1 Å². The van der Waals surface area contributed by atoms with Crippen LogP contribution in [0.5, 0.6) is 0 Å². The van der Waals surface area contributed by atoms with Gasteiger partial charge in [0.2, 0.25) is 0 Å². The van der Waals surface area contributed by atoms with Crippen molar-refractivity contribution in [2.75, 3.05) is 13.1 Å². The molecule has 1 saturated heterocycles. The highest BCUT2D eigenvalue weighted by molar-refractivity contribution is 5.79. The Kier molecular flexibility index (Phi) is 4.06. The highest BCUT2D eigenvalue weighted by atomic mass is 16.6. The maximum absolute atomic E-state index is 11.8. The van der Waals surface area contributed by atoms with Crippen molar-refractivity contribution in [2.24, 2.45) is 5.92 Å². The van der Waals surface area contributed by atoms with Crippen LogP contribution in [0.15, 0.2) is 18.2 Å². The maximum Gasteiger partial charge on any atom is 0.317 e. The zero-order valence-electron chi connectivity index (χ0n) is 11.4. The molecule has 0 aliphatic carbocycles. The zero-order valence-corrected chi connectivity index (χ0v) is 11.4. The third-order valence-electron chi connectivity index (χ3n) is 3.56. The molecule has 112 valence electrons. The largest absolute Gasteiger partial charge is 0.481 e. The van der Waals surface area contributed by atoms with E-state index >= 15 is 0 Å². The summed E-state index contributed by atoms with van der Waals surface area (Å²) in [5, 5.41) is 22.2. The van der Waals surface area contributed by atoms with Crippen LogP contribution in [0.2, 0.25) is 0 Å². The Morgan fingerprint density at radius 3 is 2.71 bits per heavy atom. The number of carboxylic acids is 1. The van der Waals surface area contributed by atoms with Gasteiger partial charge >= 0.3 is 12.0 Å². The molecule has 2 amide bonds. The molecule has 2 N–H and O–H groups in total. The molecule has 1 fully saturated rings. The SMILES string of the molecule is Cc1c(CNC(=O)N2CC(C(=O)O)C2)cccc1[N+](=O)[O-]. The molecular weight excluding hydrogens is 278 g/mol. The molecule has 8 nitrogen and oxygen atoms in total. The number of rotatable bonds is 4. The minimum atomic E-state index is -0.909. The minimum Gasteiger partial charge on any atom is -0.481 e. The summed E-state index contributed by atoms with van der Waals surface area (Å²) in [5.74, 6) is -1.41. The van der Waals surface area contributed by atoms with Gasteiger partial charge in [0.05, 0.1) is 10.8 Å². The molecule has 1 aromatic rings. The van der Waals surface area contributed by atoms with Crippen molar-refractivity contribution in [1.82, 2.24) is 10.2 Å². The van der Waals surface area contributed by atoms with Gasteiger partial charge in [-0.1, -0.05) is 12.1 Å². The number of nitrogens with zero attached hydrogens (tertiary/aromatic N) is 2. The van der Waals surface area contributed by atoms with Crippen molar-refractivity contribution in [3.05, 3.63) is 39.4 Å². The van der Waals surface area contributed by atoms with Gasteiger partial charge in [-0.3, -0.25) is 14.9 Å². The lowest BCUT2D eigenvalue weighted by atomic mass is 10.0. The summed E-state index contributed by atoms with van der Waals surface area (Å²) < 4.78 is 0. The number of benzene rings is 1. The fourth-order valence-corrected chi connectivity index (χ4v) is 2.14. The van der Waals surface area contributed by atoms with Crippen LogP contribution in [0, 0.1) is 23.0 Å². The standard InChI is InChI=1S/C13H15N3O5/c1-8-9(3-2-4-11(8)16(20)21)5-14-13(19)15-6-10(7-15)12(17)18/h2-4,10H,5-7H2,1H3,(H,14,19)(H,17,18). The van der Waals surface area contributed by atoms with Gasteiger partial charge in [0.1, 0.15) is 0 Å². The molecule has 1 aromatic carbocycles. The summed E-state index contributed by atoms with van der Waals surface area (Å²) in [6.07, 6.45) is 0. The molecule has 0 saturated carbocycles. The second kappa shape index (κ2) is 5.78. The molecule has 0 atom stereocenters. The van der Waals surface area contributed by atoms with Gasteiger partial charge in [-0.05, 0) is 12.5 Å². The van der Waals surface area contributed by atoms with E-state index in [9.17, 15) is 19.7 Å². The van der Waals surface area contributed by atoms with Crippen LogP contribution in [0.4, 0.5) is 10.5 Å². The lowest BCUT2D eigenvalue weighted by Crippen LogP contribution is -2.56. The number of nitro benzene ring substituents is 1. The molecule has 0 aromatic heterocycles. The van der Waals surface area contributed by atoms with Gasteiger partial charge in [0.15, 0.2) is 0 Å². The summed E-state index contributed by atoms with van der Waals surface area (Å²) in [4.78, 5) is 34.2. The van der Waals surface area contributed by atoms with Crippen molar-refractivity contribution in [2.45, 2.75) is 13.5 Å². The Bertz CT molecular complexity index is 595. The predicted molar refractivity (Wildman–Crippen MR) is 72.8 cm³/mol. The quantitative estimate of drug-likeness (QED) is 0.638. The molecule has 0 radical (unpaired) electrons. The monoisotopic (exact) mass is 293 g/mol. The van der Waals surface area contributed by atoms with E-state index in [1.54, 1.807) is 19.1 Å². The smallest absolute Gasteiger partial charge is 0.317 e. The highest BCUT2D eigenvalue weighted by Crippen LogP contribution is 2.21. The Labute approximate surface area is 120 Å². The molecule has 1 aliphatic rings. The topological polar surface area (TPSA) is 113 Å². The van der Waals surface area contributed by atoms with Crippen LogP contribution >= 0.6 is 0 Å². The van der Waals surface area contributed by atoms with Gasteiger partial charge in [0, 0.05) is 31.3 Å². The molecule has 0 unspecified atom stereocenters. The molecule has 1 heterocycles. The van der Waals surface area contributed by atoms with E-state index in [1.807, 2.05) is 0 Å².